The highest BCUT2D eigenvalue weighted by atomic mass is 32.1. The summed E-state index contributed by atoms with van der Waals surface area (Å²) in [6.07, 6.45) is 4.38. The predicted octanol–water partition coefficient (Wildman–Crippen LogP) is 2.85. The van der Waals surface area contributed by atoms with Gasteiger partial charge >= 0.3 is 0 Å². The SMILES string of the molecule is CCNc1ncnc(NCc2ncc(C)s2)c1CC. The van der Waals surface area contributed by atoms with Crippen LogP contribution in [-0.4, -0.2) is 21.5 Å². The lowest BCUT2D eigenvalue weighted by atomic mass is 10.2. The summed E-state index contributed by atoms with van der Waals surface area (Å²) in [5.74, 6) is 1.80. The van der Waals surface area contributed by atoms with E-state index in [1.165, 1.54) is 4.88 Å². The number of hydrogen-bond acceptors (Lipinski definition) is 6. The number of aromatic nitrogens is 3. The summed E-state index contributed by atoms with van der Waals surface area (Å²) in [5, 5.41) is 7.69. The first kappa shape index (κ1) is 13.7. The molecule has 0 saturated carbocycles. The third-order valence-corrected chi connectivity index (χ3v) is 3.63. The molecule has 2 rings (SSSR count). The van der Waals surface area contributed by atoms with Crippen molar-refractivity contribution in [2.75, 3.05) is 17.2 Å². The van der Waals surface area contributed by atoms with E-state index in [1.54, 1.807) is 17.7 Å². The summed E-state index contributed by atoms with van der Waals surface area (Å²) in [4.78, 5) is 14.2. The van der Waals surface area contributed by atoms with Gasteiger partial charge in [-0.25, -0.2) is 15.0 Å². The molecule has 0 spiro atoms. The second-order valence-corrected chi connectivity index (χ2v) is 5.47. The quantitative estimate of drug-likeness (QED) is 0.850. The Labute approximate surface area is 117 Å². The molecule has 0 bridgehead atoms. The largest absolute Gasteiger partial charge is 0.370 e. The Kier molecular flexibility index (Phi) is 4.68. The molecule has 0 aromatic carbocycles. The van der Waals surface area contributed by atoms with Crippen LogP contribution in [0.1, 0.15) is 29.3 Å². The van der Waals surface area contributed by atoms with E-state index < -0.39 is 0 Å². The number of rotatable bonds is 6. The summed E-state index contributed by atoms with van der Waals surface area (Å²) < 4.78 is 0. The van der Waals surface area contributed by atoms with Gasteiger partial charge in [0.05, 0.1) is 6.54 Å². The van der Waals surface area contributed by atoms with Crippen molar-refractivity contribution in [2.45, 2.75) is 33.7 Å². The van der Waals surface area contributed by atoms with E-state index in [-0.39, 0.29) is 0 Å². The molecule has 2 aromatic rings. The fraction of sp³-hybridized carbons (Fsp3) is 0.462. The Morgan fingerprint density at radius 3 is 2.42 bits per heavy atom. The van der Waals surface area contributed by atoms with Crippen LogP contribution in [0.4, 0.5) is 11.6 Å². The van der Waals surface area contributed by atoms with Crippen LogP contribution in [0.3, 0.4) is 0 Å². The molecule has 0 atom stereocenters. The molecule has 102 valence electrons. The average molecular weight is 277 g/mol. The van der Waals surface area contributed by atoms with Gasteiger partial charge in [-0.1, -0.05) is 6.92 Å². The van der Waals surface area contributed by atoms with E-state index in [4.69, 9.17) is 0 Å². The van der Waals surface area contributed by atoms with Crippen LogP contribution in [-0.2, 0) is 13.0 Å². The molecular weight excluding hydrogens is 258 g/mol. The first-order valence-corrected chi connectivity index (χ1v) is 7.29. The minimum Gasteiger partial charge on any atom is -0.370 e. The zero-order valence-electron chi connectivity index (χ0n) is 11.5. The topological polar surface area (TPSA) is 62.7 Å². The summed E-state index contributed by atoms with van der Waals surface area (Å²) in [7, 11) is 0. The number of aryl methyl sites for hydroxylation is 1. The third kappa shape index (κ3) is 3.41. The average Bonchev–Trinajstić information content (AvgIpc) is 2.83. The van der Waals surface area contributed by atoms with Crippen molar-refractivity contribution in [3.05, 3.63) is 28.0 Å². The van der Waals surface area contributed by atoms with Crippen LogP contribution in [0.25, 0.3) is 0 Å². The molecule has 2 aromatic heterocycles. The van der Waals surface area contributed by atoms with Crippen LogP contribution in [0, 0.1) is 6.92 Å². The Bertz CT molecular complexity index is 538. The van der Waals surface area contributed by atoms with Crippen molar-refractivity contribution in [1.29, 1.82) is 0 Å². The van der Waals surface area contributed by atoms with Gasteiger partial charge in [-0.3, -0.25) is 0 Å². The summed E-state index contributed by atoms with van der Waals surface area (Å²) in [6.45, 7) is 7.79. The van der Waals surface area contributed by atoms with E-state index in [1.807, 2.05) is 6.20 Å². The monoisotopic (exact) mass is 277 g/mol. The van der Waals surface area contributed by atoms with Crippen LogP contribution in [0.5, 0.6) is 0 Å². The first-order chi connectivity index (χ1) is 9.24. The zero-order chi connectivity index (χ0) is 13.7. The molecule has 0 aliphatic carbocycles. The van der Waals surface area contributed by atoms with Crippen molar-refractivity contribution in [2.24, 2.45) is 0 Å². The molecule has 2 N–H and O–H groups in total. The van der Waals surface area contributed by atoms with Gasteiger partial charge in [0, 0.05) is 23.2 Å². The van der Waals surface area contributed by atoms with Crippen molar-refractivity contribution in [3.8, 4) is 0 Å². The predicted molar refractivity (Wildman–Crippen MR) is 79.8 cm³/mol. The minimum absolute atomic E-state index is 0.702. The molecule has 0 amide bonds. The number of anilines is 2. The molecule has 2 heterocycles. The standard InChI is InChI=1S/C13H19N5S/c1-4-10-12(14-5-2)17-8-18-13(10)16-7-11-15-6-9(3)19-11/h6,8H,4-5,7H2,1-3H3,(H2,14,16,17,18). The Morgan fingerprint density at radius 1 is 1.11 bits per heavy atom. The Morgan fingerprint density at radius 2 is 1.84 bits per heavy atom. The first-order valence-electron chi connectivity index (χ1n) is 6.47. The number of nitrogens with zero attached hydrogens (tertiary/aromatic N) is 3. The van der Waals surface area contributed by atoms with Crippen molar-refractivity contribution >= 4 is 23.0 Å². The molecule has 19 heavy (non-hydrogen) atoms. The molecule has 0 aliphatic heterocycles. The van der Waals surface area contributed by atoms with Gasteiger partial charge in [0.2, 0.25) is 0 Å². The highest BCUT2D eigenvalue weighted by molar-refractivity contribution is 7.11. The van der Waals surface area contributed by atoms with E-state index >= 15 is 0 Å². The van der Waals surface area contributed by atoms with Crippen LogP contribution >= 0.6 is 11.3 Å². The maximum Gasteiger partial charge on any atom is 0.135 e. The van der Waals surface area contributed by atoms with Gasteiger partial charge in [0.25, 0.3) is 0 Å². The number of hydrogen-bond donors (Lipinski definition) is 2. The zero-order valence-corrected chi connectivity index (χ0v) is 12.3. The van der Waals surface area contributed by atoms with Gasteiger partial charge in [0.15, 0.2) is 0 Å². The number of thiazole rings is 1. The van der Waals surface area contributed by atoms with E-state index in [0.29, 0.717) is 6.54 Å². The lowest BCUT2D eigenvalue weighted by molar-refractivity contribution is 0.994. The van der Waals surface area contributed by atoms with Crippen molar-refractivity contribution in [3.63, 3.8) is 0 Å². The van der Waals surface area contributed by atoms with Crippen molar-refractivity contribution in [1.82, 2.24) is 15.0 Å². The molecule has 6 heteroatoms. The molecular formula is C13H19N5S. The molecule has 5 nitrogen and oxygen atoms in total. The molecule has 0 radical (unpaired) electrons. The van der Waals surface area contributed by atoms with Gasteiger partial charge in [-0.05, 0) is 20.3 Å². The van der Waals surface area contributed by atoms with Gasteiger partial charge in [0.1, 0.15) is 23.0 Å². The lowest BCUT2D eigenvalue weighted by Crippen LogP contribution is -2.09. The fourth-order valence-corrected chi connectivity index (χ4v) is 2.59. The highest BCUT2D eigenvalue weighted by Gasteiger charge is 2.09. The second kappa shape index (κ2) is 6.47. The molecule has 0 saturated heterocycles. The van der Waals surface area contributed by atoms with Gasteiger partial charge < -0.3 is 10.6 Å². The fourth-order valence-electron chi connectivity index (χ4n) is 1.86. The smallest absolute Gasteiger partial charge is 0.135 e. The molecule has 0 aliphatic rings. The maximum absolute atomic E-state index is 4.34. The maximum atomic E-state index is 4.34. The minimum atomic E-state index is 0.702. The Balaban J connectivity index is 2.13. The summed E-state index contributed by atoms with van der Waals surface area (Å²) in [6, 6.07) is 0. The third-order valence-electron chi connectivity index (χ3n) is 2.72. The van der Waals surface area contributed by atoms with Crippen LogP contribution in [0.2, 0.25) is 0 Å². The van der Waals surface area contributed by atoms with Gasteiger partial charge in [-0.15, -0.1) is 11.3 Å². The van der Waals surface area contributed by atoms with Crippen LogP contribution < -0.4 is 10.6 Å². The summed E-state index contributed by atoms with van der Waals surface area (Å²) in [5.41, 5.74) is 1.12. The molecule has 0 unspecified atom stereocenters. The van der Waals surface area contributed by atoms with Crippen molar-refractivity contribution < 1.29 is 0 Å². The molecule has 0 fully saturated rings. The van der Waals surface area contributed by atoms with Gasteiger partial charge in [-0.2, -0.15) is 0 Å². The van der Waals surface area contributed by atoms with Crippen LogP contribution in [0.15, 0.2) is 12.5 Å². The second-order valence-electron chi connectivity index (χ2n) is 4.15. The Hall–Kier alpha value is -1.69. The normalized spacial score (nSPS) is 10.5. The highest BCUT2D eigenvalue weighted by Crippen LogP contribution is 2.21. The van der Waals surface area contributed by atoms with E-state index in [9.17, 15) is 0 Å². The number of nitrogens with one attached hydrogen (secondary N) is 2. The van der Waals surface area contributed by atoms with E-state index in [2.05, 4.69) is 46.4 Å². The van der Waals surface area contributed by atoms with E-state index in [0.717, 1.165) is 35.2 Å². The summed E-state index contributed by atoms with van der Waals surface area (Å²) >= 11 is 1.70. The lowest BCUT2D eigenvalue weighted by Gasteiger charge is -2.12.